The van der Waals surface area contributed by atoms with Crippen LogP contribution in [0.5, 0.6) is 0 Å². The number of nitro benzene ring substituents is 1. The molecule has 2 rings (SSSR count). The Labute approximate surface area is 137 Å². The number of benzene rings is 1. The van der Waals surface area contributed by atoms with Crippen LogP contribution in [-0.4, -0.2) is 19.6 Å². The van der Waals surface area contributed by atoms with E-state index in [0.29, 0.717) is 11.3 Å². The van der Waals surface area contributed by atoms with Crippen molar-refractivity contribution in [2.24, 2.45) is 0 Å². The van der Waals surface area contributed by atoms with Crippen LogP contribution in [0, 0.1) is 10.1 Å². The third-order valence-electron chi connectivity index (χ3n) is 2.33. The third-order valence-corrected chi connectivity index (χ3v) is 3.61. The Hall–Kier alpha value is -1.41. The normalized spacial score (nSPS) is 11.2. The highest BCUT2D eigenvalue weighted by molar-refractivity contribution is 7.14. The van der Waals surface area contributed by atoms with E-state index in [0.717, 1.165) is 11.3 Å². The van der Waals surface area contributed by atoms with Crippen molar-refractivity contribution in [2.75, 3.05) is 5.32 Å². The van der Waals surface area contributed by atoms with Gasteiger partial charge in [0.15, 0.2) is 5.13 Å². The Morgan fingerprint density at radius 2 is 2.10 bits per heavy atom. The summed E-state index contributed by atoms with van der Waals surface area (Å²) in [6.07, 6.45) is 0. The fourth-order valence-corrected chi connectivity index (χ4v) is 2.27. The van der Waals surface area contributed by atoms with E-state index in [-0.39, 0.29) is 10.8 Å². The fraction of sp³-hybridized carbons (Fsp3) is 0.0909. The molecule has 0 aliphatic carbocycles. The summed E-state index contributed by atoms with van der Waals surface area (Å²) in [4.78, 5) is 25.8. The summed E-state index contributed by atoms with van der Waals surface area (Å²) in [5.74, 6) is -0.826. The van der Waals surface area contributed by atoms with E-state index in [9.17, 15) is 14.9 Å². The van der Waals surface area contributed by atoms with E-state index in [1.54, 1.807) is 17.5 Å². The second-order valence-corrected chi connectivity index (χ2v) is 6.94. The maximum atomic E-state index is 11.5. The van der Waals surface area contributed by atoms with Crippen LogP contribution in [0.4, 0.5) is 10.8 Å². The topological polar surface area (TPSA) is 85.1 Å². The number of anilines is 1. The fourth-order valence-electron chi connectivity index (χ4n) is 1.41. The van der Waals surface area contributed by atoms with Gasteiger partial charge in [-0.2, -0.15) is 0 Å². The van der Waals surface area contributed by atoms with Crippen molar-refractivity contribution in [1.29, 1.82) is 0 Å². The number of thiazole rings is 1. The van der Waals surface area contributed by atoms with Crippen LogP contribution in [0.25, 0.3) is 11.3 Å². The van der Waals surface area contributed by atoms with Crippen molar-refractivity contribution in [2.45, 2.75) is 3.79 Å². The first-order valence-electron chi connectivity index (χ1n) is 5.36. The van der Waals surface area contributed by atoms with Gasteiger partial charge in [0.1, 0.15) is 0 Å². The quantitative estimate of drug-likeness (QED) is 0.505. The van der Waals surface area contributed by atoms with Crippen LogP contribution in [0.2, 0.25) is 0 Å². The lowest BCUT2D eigenvalue weighted by atomic mass is 10.1. The number of nitro groups is 1. The summed E-state index contributed by atoms with van der Waals surface area (Å²) < 4.78 is -2.09. The number of aromatic nitrogens is 1. The minimum absolute atomic E-state index is 0.0487. The molecule has 1 aromatic carbocycles. The molecule has 1 aromatic heterocycles. The third kappa shape index (κ3) is 4.04. The zero-order chi connectivity index (χ0) is 15.6. The molecule has 0 aliphatic rings. The number of halogens is 3. The van der Waals surface area contributed by atoms with Gasteiger partial charge < -0.3 is 0 Å². The molecular formula is C11H6Cl3N3O3S. The van der Waals surface area contributed by atoms with Crippen LogP contribution in [0.1, 0.15) is 0 Å². The van der Waals surface area contributed by atoms with Crippen molar-refractivity contribution in [3.63, 3.8) is 0 Å². The van der Waals surface area contributed by atoms with Crippen LogP contribution in [-0.2, 0) is 4.79 Å². The molecule has 1 amide bonds. The molecule has 1 heterocycles. The SMILES string of the molecule is O=C(Nc1nc(-c2cccc([N+](=O)[O-])c2)cs1)C(Cl)(Cl)Cl. The van der Waals surface area contributed by atoms with Gasteiger partial charge >= 0.3 is 0 Å². The predicted molar refractivity (Wildman–Crippen MR) is 83.1 cm³/mol. The number of nitrogens with zero attached hydrogens (tertiary/aromatic N) is 2. The highest BCUT2D eigenvalue weighted by Gasteiger charge is 2.31. The largest absolute Gasteiger partial charge is 0.298 e. The van der Waals surface area contributed by atoms with Gasteiger partial charge in [0.05, 0.1) is 10.6 Å². The molecule has 21 heavy (non-hydrogen) atoms. The molecule has 2 aromatic rings. The molecule has 0 saturated carbocycles. The van der Waals surface area contributed by atoms with Crippen molar-refractivity contribution in [1.82, 2.24) is 4.98 Å². The van der Waals surface area contributed by atoms with Crippen molar-refractivity contribution in [3.8, 4) is 11.3 Å². The number of non-ortho nitro benzene ring substituents is 1. The zero-order valence-electron chi connectivity index (χ0n) is 10.0. The Balaban J connectivity index is 2.22. The summed E-state index contributed by atoms with van der Waals surface area (Å²) in [7, 11) is 0. The van der Waals surface area contributed by atoms with Gasteiger partial charge in [0.25, 0.3) is 15.4 Å². The molecule has 6 nitrogen and oxygen atoms in total. The summed E-state index contributed by atoms with van der Waals surface area (Å²) in [6.45, 7) is 0. The molecule has 0 unspecified atom stereocenters. The van der Waals surface area contributed by atoms with Gasteiger partial charge in [-0.1, -0.05) is 46.9 Å². The summed E-state index contributed by atoms with van der Waals surface area (Å²) in [5, 5.41) is 14.9. The Kier molecular flexibility index (Phi) is 4.67. The van der Waals surface area contributed by atoms with E-state index in [1.807, 2.05) is 0 Å². The number of rotatable bonds is 3. The number of nitrogens with one attached hydrogen (secondary N) is 1. The van der Waals surface area contributed by atoms with Crippen molar-refractivity contribution < 1.29 is 9.72 Å². The number of hydrogen-bond acceptors (Lipinski definition) is 5. The van der Waals surface area contributed by atoms with Crippen molar-refractivity contribution in [3.05, 3.63) is 39.8 Å². The summed E-state index contributed by atoms with van der Waals surface area (Å²) in [6, 6.07) is 5.98. The number of hydrogen-bond donors (Lipinski definition) is 1. The molecule has 0 spiro atoms. The number of amides is 1. The van der Waals surface area contributed by atoms with E-state index in [4.69, 9.17) is 34.8 Å². The smallest absolute Gasteiger partial charge is 0.278 e. The van der Waals surface area contributed by atoms with Crippen LogP contribution < -0.4 is 5.32 Å². The van der Waals surface area contributed by atoms with Gasteiger partial charge in [-0.25, -0.2) is 4.98 Å². The Morgan fingerprint density at radius 1 is 1.38 bits per heavy atom. The first-order valence-corrected chi connectivity index (χ1v) is 7.37. The average Bonchev–Trinajstić information content (AvgIpc) is 2.86. The number of carbonyl (C=O) groups is 1. The molecule has 1 N–H and O–H groups in total. The summed E-state index contributed by atoms with van der Waals surface area (Å²) >= 11 is 17.4. The molecule has 110 valence electrons. The van der Waals surface area contributed by atoms with Gasteiger partial charge in [0.2, 0.25) is 0 Å². The van der Waals surface area contributed by atoms with Crippen LogP contribution in [0.3, 0.4) is 0 Å². The second-order valence-electron chi connectivity index (χ2n) is 3.80. The van der Waals surface area contributed by atoms with E-state index in [2.05, 4.69) is 10.3 Å². The minimum Gasteiger partial charge on any atom is -0.298 e. The molecule has 0 atom stereocenters. The average molecular weight is 367 g/mol. The lowest BCUT2D eigenvalue weighted by Gasteiger charge is -2.08. The standard InChI is InChI=1S/C11H6Cl3N3O3S/c12-11(13,14)9(18)16-10-15-8(5-21-10)6-2-1-3-7(4-6)17(19)20/h1-5H,(H,15,16,18). The lowest BCUT2D eigenvalue weighted by Crippen LogP contribution is -2.26. The highest BCUT2D eigenvalue weighted by Crippen LogP contribution is 2.30. The molecule has 0 fully saturated rings. The molecule has 10 heteroatoms. The highest BCUT2D eigenvalue weighted by atomic mass is 35.6. The maximum Gasteiger partial charge on any atom is 0.278 e. The number of alkyl halides is 3. The number of carbonyl (C=O) groups excluding carboxylic acids is 1. The van der Waals surface area contributed by atoms with Gasteiger partial charge in [0, 0.05) is 23.1 Å². The Morgan fingerprint density at radius 3 is 2.71 bits per heavy atom. The van der Waals surface area contributed by atoms with E-state index < -0.39 is 14.6 Å². The lowest BCUT2D eigenvalue weighted by molar-refractivity contribution is -0.384. The van der Waals surface area contributed by atoms with E-state index in [1.165, 1.54) is 12.1 Å². The van der Waals surface area contributed by atoms with Crippen LogP contribution in [0.15, 0.2) is 29.6 Å². The first-order chi connectivity index (χ1) is 9.77. The molecule has 0 aliphatic heterocycles. The Bertz CT molecular complexity index is 699. The molecule has 0 saturated heterocycles. The van der Waals surface area contributed by atoms with Gasteiger partial charge in [-0.3, -0.25) is 20.2 Å². The molecular weight excluding hydrogens is 361 g/mol. The van der Waals surface area contributed by atoms with Crippen LogP contribution >= 0.6 is 46.1 Å². The predicted octanol–water partition coefficient (Wildman–Crippen LogP) is 4.03. The maximum absolute atomic E-state index is 11.5. The van der Waals surface area contributed by atoms with Gasteiger partial charge in [-0.05, 0) is 0 Å². The van der Waals surface area contributed by atoms with Crippen molar-refractivity contribution >= 4 is 62.9 Å². The van der Waals surface area contributed by atoms with Gasteiger partial charge in [-0.15, -0.1) is 11.3 Å². The van der Waals surface area contributed by atoms with E-state index >= 15 is 0 Å². The molecule has 0 radical (unpaired) electrons. The zero-order valence-corrected chi connectivity index (χ0v) is 13.1. The second kappa shape index (κ2) is 6.15. The minimum atomic E-state index is -2.09. The first kappa shape index (κ1) is 16.0. The monoisotopic (exact) mass is 365 g/mol. The molecule has 0 bridgehead atoms. The summed E-state index contributed by atoms with van der Waals surface area (Å²) in [5.41, 5.74) is 0.977.